The number of ether oxygens (including phenoxy) is 2. The Balaban J connectivity index is 1.64. The molecule has 0 bridgehead atoms. The first-order valence-corrected chi connectivity index (χ1v) is 9.38. The third kappa shape index (κ3) is 5.68. The lowest BCUT2D eigenvalue weighted by atomic mass is 10.2. The molecule has 0 aliphatic heterocycles. The minimum Gasteiger partial charge on any atom is -0.497 e. The summed E-state index contributed by atoms with van der Waals surface area (Å²) in [6.45, 7) is 4.47. The van der Waals surface area contributed by atoms with Crippen molar-refractivity contribution in [1.29, 1.82) is 0 Å². The van der Waals surface area contributed by atoms with E-state index >= 15 is 0 Å². The molecule has 7 heteroatoms. The van der Waals surface area contributed by atoms with E-state index in [9.17, 15) is 4.79 Å². The highest BCUT2D eigenvalue weighted by Gasteiger charge is 2.07. The molecule has 0 radical (unpaired) electrons. The van der Waals surface area contributed by atoms with E-state index < -0.39 is 0 Å². The first kappa shape index (κ1) is 20.1. The summed E-state index contributed by atoms with van der Waals surface area (Å²) in [5.41, 5.74) is 2.10. The summed E-state index contributed by atoms with van der Waals surface area (Å²) >= 11 is 0. The molecule has 1 aromatic heterocycles. The summed E-state index contributed by atoms with van der Waals surface area (Å²) in [5.74, 6) is 2.35. The molecule has 1 amide bonds. The second-order valence-electron chi connectivity index (χ2n) is 6.37. The van der Waals surface area contributed by atoms with Gasteiger partial charge in [-0.1, -0.05) is 6.92 Å². The van der Waals surface area contributed by atoms with E-state index in [0.717, 1.165) is 12.1 Å². The first-order valence-electron chi connectivity index (χ1n) is 9.38. The summed E-state index contributed by atoms with van der Waals surface area (Å²) in [4.78, 5) is 21.0. The maximum Gasteiger partial charge on any atom is 0.255 e. The second-order valence-corrected chi connectivity index (χ2v) is 6.37. The van der Waals surface area contributed by atoms with Crippen molar-refractivity contribution < 1.29 is 14.3 Å². The number of aromatic nitrogens is 2. The van der Waals surface area contributed by atoms with Crippen molar-refractivity contribution in [3.05, 3.63) is 66.0 Å². The number of hydrogen-bond donors (Lipinski definition) is 2. The lowest BCUT2D eigenvalue weighted by Gasteiger charge is -2.10. The predicted molar refractivity (Wildman–Crippen MR) is 113 cm³/mol. The Labute approximate surface area is 170 Å². The quantitative estimate of drug-likeness (QED) is 0.584. The largest absolute Gasteiger partial charge is 0.497 e. The van der Waals surface area contributed by atoms with E-state index in [1.165, 1.54) is 0 Å². The Kier molecular flexibility index (Phi) is 6.63. The molecule has 150 valence electrons. The fourth-order valence-electron chi connectivity index (χ4n) is 2.62. The van der Waals surface area contributed by atoms with Gasteiger partial charge < -0.3 is 20.1 Å². The predicted octanol–water partition coefficient (Wildman–Crippen LogP) is 4.58. The maximum atomic E-state index is 12.4. The third-order valence-corrected chi connectivity index (χ3v) is 4.04. The molecule has 3 rings (SSSR count). The fraction of sp³-hybridized carbons (Fsp3) is 0.227. The highest BCUT2D eigenvalue weighted by molar-refractivity contribution is 6.04. The van der Waals surface area contributed by atoms with Crippen LogP contribution in [-0.2, 0) is 0 Å². The lowest BCUT2D eigenvalue weighted by Crippen LogP contribution is -2.11. The monoisotopic (exact) mass is 392 g/mol. The standard InChI is InChI=1S/C22H24N4O3/c1-4-13-29-21-14-20(23-15(2)24-21)25-17-7-9-18(10-8-17)26-22(27)16-5-11-19(28-3)12-6-16/h5-12,14H,4,13H2,1-3H3,(H,26,27)(H,23,24,25). The van der Waals surface area contributed by atoms with Crippen LogP contribution in [0.15, 0.2) is 54.6 Å². The Morgan fingerprint density at radius 2 is 1.69 bits per heavy atom. The lowest BCUT2D eigenvalue weighted by molar-refractivity contribution is 0.102. The van der Waals surface area contributed by atoms with Crippen LogP contribution in [0, 0.1) is 6.92 Å². The van der Waals surface area contributed by atoms with Crippen molar-refractivity contribution in [2.24, 2.45) is 0 Å². The van der Waals surface area contributed by atoms with Gasteiger partial charge in [0.1, 0.15) is 17.4 Å². The van der Waals surface area contributed by atoms with Crippen LogP contribution in [0.2, 0.25) is 0 Å². The van der Waals surface area contributed by atoms with Gasteiger partial charge in [0.2, 0.25) is 5.88 Å². The van der Waals surface area contributed by atoms with Crippen LogP contribution < -0.4 is 20.1 Å². The summed E-state index contributed by atoms with van der Waals surface area (Å²) in [5, 5.41) is 6.10. The number of amides is 1. The van der Waals surface area contributed by atoms with Gasteiger partial charge in [0.25, 0.3) is 5.91 Å². The molecular weight excluding hydrogens is 368 g/mol. The maximum absolute atomic E-state index is 12.4. The zero-order valence-corrected chi connectivity index (χ0v) is 16.7. The number of hydrogen-bond acceptors (Lipinski definition) is 6. The molecule has 0 atom stereocenters. The smallest absolute Gasteiger partial charge is 0.255 e. The molecule has 0 aliphatic rings. The van der Waals surface area contributed by atoms with Crippen molar-refractivity contribution in [2.75, 3.05) is 24.4 Å². The molecule has 0 saturated carbocycles. The number of nitrogens with zero attached hydrogens (tertiary/aromatic N) is 2. The van der Waals surface area contributed by atoms with Crippen molar-refractivity contribution >= 4 is 23.1 Å². The van der Waals surface area contributed by atoms with Crippen molar-refractivity contribution in [3.8, 4) is 11.6 Å². The molecule has 3 aromatic rings. The Bertz CT molecular complexity index is 957. The molecular formula is C22H24N4O3. The average Bonchev–Trinajstić information content (AvgIpc) is 2.73. The zero-order chi connectivity index (χ0) is 20.6. The van der Waals surface area contributed by atoms with Gasteiger partial charge >= 0.3 is 0 Å². The normalized spacial score (nSPS) is 10.3. The van der Waals surface area contributed by atoms with Crippen LogP contribution in [0.1, 0.15) is 29.5 Å². The van der Waals surface area contributed by atoms with Gasteiger partial charge in [0, 0.05) is 23.0 Å². The number of anilines is 3. The Hall–Kier alpha value is -3.61. The summed E-state index contributed by atoms with van der Waals surface area (Å²) in [6.07, 6.45) is 0.912. The molecule has 2 N–H and O–H groups in total. The highest BCUT2D eigenvalue weighted by Crippen LogP contribution is 2.21. The van der Waals surface area contributed by atoms with Crippen LogP contribution in [0.25, 0.3) is 0 Å². The van der Waals surface area contributed by atoms with Gasteiger partial charge in [0.05, 0.1) is 13.7 Å². The summed E-state index contributed by atoms with van der Waals surface area (Å²) in [7, 11) is 1.59. The van der Waals surface area contributed by atoms with Crippen molar-refractivity contribution in [2.45, 2.75) is 20.3 Å². The van der Waals surface area contributed by atoms with Gasteiger partial charge in [-0.3, -0.25) is 4.79 Å². The number of benzene rings is 2. The van der Waals surface area contributed by atoms with Crippen LogP contribution in [0.3, 0.4) is 0 Å². The van der Waals surface area contributed by atoms with Crippen LogP contribution in [0.4, 0.5) is 17.2 Å². The van der Waals surface area contributed by atoms with Gasteiger partial charge in [-0.2, -0.15) is 4.98 Å². The molecule has 1 heterocycles. The summed E-state index contributed by atoms with van der Waals surface area (Å²) in [6, 6.07) is 16.1. The molecule has 0 saturated heterocycles. The number of carbonyl (C=O) groups excluding carboxylic acids is 1. The zero-order valence-electron chi connectivity index (χ0n) is 16.7. The van der Waals surface area contributed by atoms with E-state index in [1.54, 1.807) is 37.4 Å². The van der Waals surface area contributed by atoms with E-state index in [2.05, 4.69) is 20.6 Å². The SMILES string of the molecule is CCCOc1cc(Nc2ccc(NC(=O)c3ccc(OC)cc3)cc2)nc(C)n1. The van der Waals surface area contributed by atoms with Gasteiger partial charge in [-0.15, -0.1) is 0 Å². The van der Waals surface area contributed by atoms with Crippen LogP contribution in [0.5, 0.6) is 11.6 Å². The number of aryl methyl sites for hydroxylation is 1. The van der Waals surface area contributed by atoms with E-state index in [4.69, 9.17) is 9.47 Å². The van der Waals surface area contributed by atoms with Gasteiger partial charge in [-0.05, 0) is 61.9 Å². The van der Waals surface area contributed by atoms with E-state index in [0.29, 0.717) is 41.1 Å². The average molecular weight is 392 g/mol. The van der Waals surface area contributed by atoms with Gasteiger partial charge in [0.15, 0.2) is 0 Å². The molecule has 0 spiro atoms. The number of rotatable bonds is 8. The van der Waals surface area contributed by atoms with Crippen LogP contribution in [-0.4, -0.2) is 29.6 Å². The van der Waals surface area contributed by atoms with E-state index in [1.807, 2.05) is 38.1 Å². The van der Waals surface area contributed by atoms with Crippen molar-refractivity contribution in [1.82, 2.24) is 9.97 Å². The summed E-state index contributed by atoms with van der Waals surface area (Å²) < 4.78 is 10.7. The van der Waals surface area contributed by atoms with Crippen molar-refractivity contribution in [3.63, 3.8) is 0 Å². The minimum absolute atomic E-state index is 0.183. The van der Waals surface area contributed by atoms with Gasteiger partial charge in [-0.25, -0.2) is 4.98 Å². The number of nitrogens with one attached hydrogen (secondary N) is 2. The highest BCUT2D eigenvalue weighted by atomic mass is 16.5. The molecule has 2 aromatic carbocycles. The fourth-order valence-corrected chi connectivity index (χ4v) is 2.62. The molecule has 7 nitrogen and oxygen atoms in total. The van der Waals surface area contributed by atoms with E-state index in [-0.39, 0.29) is 5.91 Å². The Morgan fingerprint density at radius 1 is 1.00 bits per heavy atom. The number of methoxy groups -OCH3 is 1. The molecule has 0 fully saturated rings. The first-order chi connectivity index (χ1) is 14.1. The molecule has 0 aliphatic carbocycles. The topological polar surface area (TPSA) is 85.4 Å². The Morgan fingerprint density at radius 3 is 2.34 bits per heavy atom. The molecule has 0 unspecified atom stereocenters. The minimum atomic E-state index is -0.183. The number of carbonyl (C=O) groups is 1. The third-order valence-electron chi connectivity index (χ3n) is 4.04. The van der Waals surface area contributed by atoms with Crippen LogP contribution >= 0.6 is 0 Å². The molecule has 29 heavy (non-hydrogen) atoms. The second kappa shape index (κ2) is 9.54.